The lowest BCUT2D eigenvalue weighted by molar-refractivity contribution is 0.479. The van der Waals surface area contributed by atoms with E-state index in [0.717, 1.165) is 42.3 Å². The van der Waals surface area contributed by atoms with Crippen LogP contribution >= 0.6 is 36.2 Å². The third-order valence-electron chi connectivity index (χ3n) is 3.48. The SMILES string of the molecule is Cl.Cl.N#Cc1ccc(-c2csc(NC3CCNCC3)n2)cc1. The molecule has 1 fully saturated rings. The Morgan fingerprint density at radius 3 is 2.50 bits per heavy atom. The third-order valence-corrected chi connectivity index (χ3v) is 4.25. The van der Waals surface area contributed by atoms with Gasteiger partial charge in [0.25, 0.3) is 0 Å². The highest BCUT2D eigenvalue weighted by atomic mass is 35.5. The molecule has 1 aliphatic rings. The van der Waals surface area contributed by atoms with Crippen molar-refractivity contribution < 1.29 is 0 Å². The second-order valence-corrected chi connectivity index (χ2v) is 5.75. The number of thiazole rings is 1. The number of hydrogen-bond acceptors (Lipinski definition) is 5. The van der Waals surface area contributed by atoms with E-state index in [1.807, 2.05) is 24.3 Å². The number of hydrogen-bond donors (Lipinski definition) is 2. The lowest BCUT2D eigenvalue weighted by Crippen LogP contribution is -2.35. The van der Waals surface area contributed by atoms with Crippen molar-refractivity contribution in [1.29, 1.82) is 5.26 Å². The third kappa shape index (κ3) is 4.59. The fourth-order valence-corrected chi connectivity index (χ4v) is 3.13. The average molecular weight is 357 g/mol. The number of benzene rings is 1. The molecule has 1 saturated heterocycles. The Kier molecular flexibility index (Phi) is 7.63. The van der Waals surface area contributed by atoms with Gasteiger partial charge in [-0.25, -0.2) is 4.98 Å². The molecule has 0 spiro atoms. The first-order valence-corrected chi connectivity index (χ1v) is 7.66. The number of nitrogens with one attached hydrogen (secondary N) is 2. The fraction of sp³-hybridized carbons (Fsp3) is 0.333. The highest BCUT2D eigenvalue weighted by Crippen LogP contribution is 2.26. The predicted octanol–water partition coefficient (Wildman–Crippen LogP) is 3.69. The summed E-state index contributed by atoms with van der Waals surface area (Å²) in [6, 6.07) is 10.2. The molecule has 118 valence electrons. The van der Waals surface area contributed by atoms with Crippen LogP contribution in [-0.4, -0.2) is 24.1 Å². The average Bonchev–Trinajstić information content (AvgIpc) is 2.97. The van der Waals surface area contributed by atoms with Crippen molar-refractivity contribution in [2.45, 2.75) is 18.9 Å². The predicted molar refractivity (Wildman–Crippen MR) is 96.3 cm³/mol. The largest absolute Gasteiger partial charge is 0.359 e. The molecule has 0 amide bonds. The molecule has 2 aromatic rings. The molecule has 7 heteroatoms. The van der Waals surface area contributed by atoms with E-state index in [1.165, 1.54) is 0 Å². The maximum Gasteiger partial charge on any atom is 0.183 e. The first-order valence-electron chi connectivity index (χ1n) is 6.78. The van der Waals surface area contributed by atoms with Crippen molar-refractivity contribution in [2.75, 3.05) is 18.4 Å². The number of nitrogens with zero attached hydrogens (tertiary/aromatic N) is 2. The van der Waals surface area contributed by atoms with Gasteiger partial charge in [-0.2, -0.15) is 5.26 Å². The molecular weight excluding hydrogens is 339 g/mol. The normalized spacial score (nSPS) is 14.3. The first-order chi connectivity index (χ1) is 9.85. The quantitative estimate of drug-likeness (QED) is 0.880. The zero-order valence-corrected chi connectivity index (χ0v) is 14.4. The number of anilines is 1. The van der Waals surface area contributed by atoms with Gasteiger partial charge in [-0.15, -0.1) is 36.2 Å². The Labute approximate surface area is 146 Å². The zero-order chi connectivity index (χ0) is 13.8. The van der Waals surface area contributed by atoms with Gasteiger partial charge in [0.05, 0.1) is 17.3 Å². The monoisotopic (exact) mass is 356 g/mol. The number of rotatable bonds is 3. The van der Waals surface area contributed by atoms with Crippen molar-refractivity contribution in [1.82, 2.24) is 10.3 Å². The number of halogens is 2. The van der Waals surface area contributed by atoms with Gasteiger partial charge in [0.1, 0.15) is 0 Å². The molecule has 4 nitrogen and oxygen atoms in total. The molecular formula is C15H18Cl2N4S. The van der Waals surface area contributed by atoms with Crippen LogP contribution in [-0.2, 0) is 0 Å². The van der Waals surface area contributed by atoms with E-state index < -0.39 is 0 Å². The summed E-state index contributed by atoms with van der Waals surface area (Å²) in [6.07, 6.45) is 2.29. The standard InChI is InChI=1S/C15H16N4S.2ClH/c16-9-11-1-3-12(4-2-11)14-10-20-15(19-14)18-13-5-7-17-8-6-13;;/h1-4,10,13,17H,5-8H2,(H,18,19);2*1H. The van der Waals surface area contributed by atoms with Crippen LogP contribution in [0.1, 0.15) is 18.4 Å². The molecule has 1 aliphatic heterocycles. The van der Waals surface area contributed by atoms with Crippen LogP contribution in [0.3, 0.4) is 0 Å². The zero-order valence-electron chi connectivity index (χ0n) is 11.9. The molecule has 0 bridgehead atoms. The lowest BCUT2D eigenvalue weighted by Gasteiger charge is -2.23. The lowest BCUT2D eigenvalue weighted by atomic mass is 10.1. The summed E-state index contributed by atoms with van der Waals surface area (Å²) in [6.45, 7) is 2.15. The van der Waals surface area contributed by atoms with Crippen LogP contribution in [0.25, 0.3) is 11.3 Å². The van der Waals surface area contributed by atoms with Crippen molar-refractivity contribution >= 4 is 41.3 Å². The van der Waals surface area contributed by atoms with E-state index in [-0.39, 0.29) is 24.8 Å². The van der Waals surface area contributed by atoms with E-state index in [1.54, 1.807) is 11.3 Å². The Morgan fingerprint density at radius 1 is 1.18 bits per heavy atom. The molecule has 0 unspecified atom stereocenters. The van der Waals surface area contributed by atoms with Crippen LogP contribution < -0.4 is 10.6 Å². The smallest absolute Gasteiger partial charge is 0.183 e. The fourth-order valence-electron chi connectivity index (χ4n) is 2.33. The van der Waals surface area contributed by atoms with E-state index in [4.69, 9.17) is 5.26 Å². The Balaban J connectivity index is 0.00000121. The summed E-state index contributed by atoms with van der Waals surface area (Å²) in [5.74, 6) is 0. The minimum Gasteiger partial charge on any atom is -0.359 e. The molecule has 0 atom stereocenters. The van der Waals surface area contributed by atoms with Gasteiger partial charge in [0, 0.05) is 17.0 Å². The minimum absolute atomic E-state index is 0. The summed E-state index contributed by atoms with van der Waals surface area (Å²) in [4.78, 5) is 4.63. The molecule has 1 aromatic heterocycles. The number of nitriles is 1. The second-order valence-electron chi connectivity index (χ2n) is 4.90. The number of aromatic nitrogens is 1. The first kappa shape index (κ1) is 18.7. The van der Waals surface area contributed by atoms with Gasteiger partial charge in [-0.05, 0) is 38.1 Å². The van der Waals surface area contributed by atoms with Crippen molar-refractivity contribution in [3.8, 4) is 17.3 Å². The van der Waals surface area contributed by atoms with Gasteiger partial charge in [0.2, 0.25) is 0 Å². The van der Waals surface area contributed by atoms with E-state index in [2.05, 4.69) is 27.1 Å². The summed E-state index contributed by atoms with van der Waals surface area (Å²) in [5.41, 5.74) is 2.70. The van der Waals surface area contributed by atoms with Gasteiger partial charge < -0.3 is 10.6 Å². The van der Waals surface area contributed by atoms with Gasteiger partial charge in [-0.3, -0.25) is 0 Å². The van der Waals surface area contributed by atoms with Crippen LogP contribution in [0.4, 0.5) is 5.13 Å². The van der Waals surface area contributed by atoms with Gasteiger partial charge >= 0.3 is 0 Å². The second kappa shape index (κ2) is 8.96. The van der Waals surface area contributed by atoms with Gasteiger partial charge in [0.15, 0.2) is 5.13 Å². The Hall–Kier alpha value is -1.32. The van der Waals surface area contributed by atoms with E-state index in [9.17, 15) is 0 Å². The highest BCUT2D eigenvalue weighted by molar-refractivity contribution is 7.14. The van der Waals surface area contributed by atoms with Crippen LogP contribution in [0.5, 0.6) is 0 Å². The van der Waals surface area contributed by atoms with Crippen molar-refractivity contribution in [2.24, 2.45) is 0 Å². The number of piperidine rings is 1. The molecule has 22 heavy (non-hydrogen) atoms. The molecule has 0 saturated carbocycles. The summed E-state index contributed by atoms with van der Waals surface area (Å²) < 4.78 is 0. The van der Waals surface area contributed by atoms with Gasteiger partial charge in [-0.1, -0.05) is 12.1 Å². The molecule has 2 heterocycles. The Morgan fingerprint density at radius 2 is 1.86 bits per heavy atom. The summed E-state index contributed by atoms with van der Waals surface area (Å²) in [5, 5.41) is 18.7. The van der Waals surface area contributed by atoms with Crippen molar-refractivity contribution in [3.63, 3.8) is 0 Å². The highest BCUT2D eigenvalue weighted by Gasteiger charge is 2.14. The molecule has 2 N–H and O–H groups in total. The van der Waals surface area contributed by atoms with Crippen LogP contribution in [0.15, 0.2) is 29.6 Å². The molecule has 1 aromatic carbocycles. The topological polar surface area (TPSA) is 60.7 Å². The van der Waals surface area contributed by atoms with Crippen molar-refractivity contribution in [3.05, 3.63) is 35.2 Å². The van der Waals surface area contributed by atoms with E-state index >= 15 is 0 Å². The molecule has 0 aliphatic carbocycles. The van der Waals surface area contributed by atoms with Crippen LogP contribution in [0, 0.1) is 11.3 Å². The Bertz CT molecular complexity index is 615. The molecule has 0 radical (unpaired) electrons. The minimum atomic E-state index is 0. The molecule has 3 rings (SSSR count). The summed E-state index contributed by atoms with van der Waals surface area (Å²) in [7, 11) is 0. The maximum atomic E-state index is 8.81. The van der Waals surface area contributed by atoms with E-state index in [0.29, 0.717) is 11.6 Å². The van der Waals surface area contributed by atoms with Crippen LogP contribution in [0.2, 0.25) is 0 Å². The maximum absolute atomic E-state index is 8.81. The summed E-state index contributed by atoms with van der Waals surface area (Å²) >= 11 is 1.64.